The fourth-order valence-electron chi connectivity index (χ4n) is 5.34. The number of likely N-dealkylation sites (N-methyl/N-ethyl adjacent to an activating group) is 1. The lowest BCUT2D eigenvalue weighted by Gasteiger charge is -2.32. The van der Waals surface area contributed by atoms with Crippen LogP contribution >= 0.6 is 0 Å². The highest BCUT2D eigenvalue weighted by Crippen LogP contribution is 2.25. The van der Waals surface area contributed by atoms with Crippen LogP contribution in [0.1, 0.15) is 56.4 Å². The number of fused-ring (bicyclic) bond motifs is 1. The molecular formula is C33H37N3O2. The second-order valence-electron chi connectivity index (χ2n) is 10.9. The summed E-state index contributed by atoms with van der Waals surface area (Å²) in [6, 6.07) is 16.7. The minimum atomic E-state index is 0.119. The number of Topliss-reactive ketones (excluding diaryl/α,β-unsaturated/α-hetero) is 2. The molecule has 0 unspecified atom stereocenters. The van der Waals surface area contributed by atoms with Gasteiger partial charge in [-0.25, -0.2) is 0 Å². The molecule has 1 saturated heterocycles. The number of carbonyl (C=O) groups is 2. The second-order valence-corrected chi connectivity index (χ2v) is 10.9. The number of ketones is 2. The van der Waals surface area contributed by atoms with Crippen LogP contribution in [-0.4, -0.2) is 59.6 Å². The highest BCUT2D eigenvalue weighted by molar-refractivity contribution is 6.00. The maximum atomic E-state index is 13.1. The quantitative estimate of drug-likeness (QED) is 0.387. The lowest BCUT2D eigenvalue weighted by Crippen LogP contribution is -2.43. The Morgan fingerprint density at radius 1 is 0.895 bits per heavy atom. The van der Waals surface area contributed by atoms with Gasteiger partial charge in [0.05, 0.1) is 5.69 Å². The Morgan fingerprint density at radius 3 is 2.37 bits per heavy atom. The number of benzene rings is 2. The Bertz CT molecular complexity index is 1370. The van der Waals surface area contributed by atoms with Gasteiger partial charge in [-0.3, -0.25) is 19.5 Å². The zero-order valence-electron chi connectivity index (χ0n) is 22.8. The molecule has 0 atom stereocenters. The molecule has 0 radical (unpaired) electrons. The van der Waals surface area contributed by atoms with Gasteiger partial charge in [0.15, 0.2) is 11.6 Å². The van der Waals surface area contributed by atoms with Crippen molar-refractivity contribution in [2.75, 3.05) is 33.2 Å². The van der Waals surface area contributed by atoms with E-state index in [0.29, 0.717) is 12.8 Å². The molecule has 0 N–H and O–H groups in total. The smallest absolute Gasteiger partial charge is 0.167 e. The van der Waals surface area contributed by atoms with E-state index < -0.39 is 0 Å². The Balaban J connectivity index is 1.19. The van der Waals surface area contributed by atoms with Crippen molar-refractivity contribution in [3.63, 3.8) is 0 Å². The van der Waals surface area contributed by atoms with Gasteiger partial charge >= 0.3 is 0 Å². The van der Waals surface area contributed by atoms with Gasteiger partial charge in [0.25, 0.3) is 0 Å². The van der Waals surface area contributed by atoms with Crippen LogP contribution in [0.25, 0.3) is 6.08 Å². The van der Waals surface area contributed by atoms with Gasteiger partial charge < -0.3 is 4.90 Å². The van der Waals surface area contributed by atoms with Crippen molar-refractivity contribution in [1.82, 2.24) is 14.8 Å². The number of nitrogens with zero attached hydrogens (tertiary/aromatic N) is 3. The third-order valence-corrected chi connectivity index (χ3v) is 7.94. The number of carbonyl (C=O) groups excluding carboxylic acids is 2. The third kappa shape index (κ3) is 6.35. The van der Waals surface area contributed by atoms with Crippen LogP contribution in [-0.2, 0) is 37.0 Å². The summed E-state index contributed by atoms with van der Waals surface area (Å²) in [7, 11) is 2.17. The molecule has 1 aromatic heterocycles. The maximum Gasteiger partial charge on any atom is 0.167 e. The average molecular weight is 508 g/mol. The molecule has 2 heterocycles. The number of aromatic nitrogens is 1. The average Bonchev–Trinajstić information content (AvgIpc) is 3.35. The summed E-state index contributed by atoms with van der Waals surface area (Å²) in [5.41, 5.74) is 9.65. The molecule has 38 heavy (non-hydrogen) atoms. The summed E-state index contributed by atoms with van der Waals surface area (Å²) in [5, 5.41) is 0. The van der Waals surface area contributed by atoms with E-state index in [4.69, 9.17) is 0 Å². The predicted molar refractivity (Wildman–Crippen MR) is 152 cm³/mol. The van der Waals surface area contributed by atoms with E-state index in [2.05, 4.69) is 65.2 Å². The SMILES string of the molecule is CC(=O)C1=Cc2cc(CCc3cc(CC(=O)c4ccc(CN5CCN(C)CC5)cc4)ccc3C)cnc2C1. The zero-order chi connectivity index (χ0) is 26.6. The monoisotopic (exact) mass is 507 g/mol. The number of hydrogen-bond acceptors (Lipinski definition) is 5. The van der Waals surface area contributed by atoms with Crippen LogP contribution in [0.4, 0.5) is 0 Å². The first-order valence-electron chi connectivity index (χ1n) is 13.6. The molecule has 2 aliphatic rings. The Morgan fingerprint density at radius 2 is 1.63 bits per heavy atom. The van der Waals surface area contributed by atoms with E-state index in [1.165, 1.54) is 22.3 Å². The highest BCUT2D eigenvalue weighted by atomic mass is 16.1. The summed E-state index contributed by atoms with van der Waals surface area (Å²) in [5.74, 6) is 0.273. The standard InChI is InChI=1S/C33H37N3O2/c1-23-4-5-26(16-29(23)11-8-27-17-31-19-30(24(2)37)20-32(31)34-21-27)18-33(38)28-9-6-25(7-10-28)22-36-14-12-35(3)13-15-36/h4-7,9-10,16-17,19,21H,8,11-15,18,20,22H2,1-3H3. The van der Waals surface area contributed by atoms with Crippen LogP contribution < -0.4 is 0 Å². The number of allylic oxidation sites excluding steroid dienone is 1. The second kappa shape index (κ2) is 11.5. The lowest BCUT2D eigenvalue weighted by molar-refractivity contribution is -0.113. The van der Waals surface area contributed by atoms with E-state index in [0.717, 1.165) is 73.5 Å². The third-order valence-electron chi connectivity index (χ3n) is 7.94. The van der Waals surface area contributed by atoms with Crippen molar-refractivity contribution in [3.8, 4) is 0 Å². The number of rotatable bonds is 9. The van der Waals surface area contributed by atoms with Crippen molar-refractivity contribution >= 4 is 17.6 Å². The number of aryl methyl sites for hydroxylation is 3. The first-order chi connectivity index (χ1) is 18.3. The summed E-state index contributed by atoms with van der Waals surface area (Å²) in [6.45, 7) is 9.09. The predicted octanol–water partition coefficient (Wildman–Crippen LogP) is 4.88. The van der Waals surface area contributed by atoms with E-state index in [9.17, 15) is 9.59 Å². The summed E-state index contributed by atoms with van der Waals surface area (Å²) < 4.78 is 0. The van der Waals surface area contributed by atoms with Crippen LogP contribution in [0.5, 0.6) is 0 Å². The molecular weight excluding hydrogens is 470 g/mol. The summed E-state index contributed by atoms with van der Waals surface area (Å²) >= 11 is 0. The maximum absolute atomic E-state index is 13.1. The molecule has 5 rings (SSSR count). The first kappa shape index (κ1) is 26.2. The molecule has 5 heteroatoms. The van der Waals surface area contributed by atoms with Crippen molar-refractivity contribution in [2.24, 2.45) is 0 Å². The van der Waals surface area contributed by atoms with Crippen LogP contribution in [0.2, 0.25) is 0 Å². The van der Waals surface area contributed by atoms with Crippen molar-refractivity contribution in [2.45, 2.75) is 46.1 Å². The molecule has 1 aliphatic carbocycles. The number of piperazine rings is 1. The molecule has 5 nitrogen and oxygen atoms in total. The van der Waals surface area contributed by atoms with E-state index in [1.807, 2.05) is 24.4 Å². The van der Waals surface area contributed by atoms with Crippen molar-refractivity contribution in [1.29, 1.82) is 0 Å². The topological polar surface area (TPSA) is 53.5 Å². The van der Waals surface area contributed by atoms with Crippen LogP contribution in [0, 0.1) is 6.92 Å². The van der Waals surface area contributed by atoms with E-state index in [1.54, 1.807) is 6.92 Å². The largest absolute Gasteiger partial charge is 0.304 e. The van der Waals surface area contributed by atoms with Gasteiger partial charge in [-0.1, -0.05) is 42.5 Å². The van der Waals surface area contributed by atoms with Gasteiger partial charge in [-0.2, -0.15) is 0 Å². The van der Waals surface area contributed by atoms with Gasteiger partial charge in [0.2, 0.25) is 0 Å². The van der Waals surface area contributed by atoms with Gasteiger partial charge in [0.1, 0.15) is 0 Å². The summed E-state index contributed by atoms with van der Waals surface area (Å²) in [4.78, 5) is 34.2. The van der Waals surface area contributed by atoms with Gasteiger partial charge in [-0.15, -0.1) is 0 Å². The molecule has 1 aliphatic heterocycles. The molecule has 0 spiro atoms. The first-order valence-corrected chi connectivity index (χ1v) is 13.6. The van der Waals surface area contributed by atoms with Gasteiger partial charge in [-0.05, 0) is 79.3 Å². The van der Waals surface area contributed by atoms with Crippen molar-refractivity contribution < 1.29 is 9.59 Å². The number of pyridine rings is 1. The fourth-order valence-corrected chi connectivity index (χ4v) is 5.34. The van der Waals surface area contributed by atoms with Gasteiger partial charge in [0, 0.05) is 62.9 Å². The summed E-state index contributed by atoms with van der Waals surface area (Å²) in [6.07, 6.45) is 6.72. The minimum absolute atomic E-state index is 0.119. The lowest BCUT2D eigenvalue weighted by atomic mass is 9.95. The molecule has 0 saturated carbocycles. The van der Waals surface area contributed by atoms with Crippen LogP contribution in [0.15, 0.2) is 60.3 Å². The highest BCUT2D eigenvalue weighted by Gasteiger charge is 2.18. The Kier molecular flexibility index (Phi) is 7.96. The normalized spacial score (nSPS) is 15.8. The van der Waals surface area contributed by atoms with Crippen molar-refractivity contribution in [3.05, 3.63) is 105 Å². The molecule has 0 bridgehead atoms. The van der Waals surface area contributed by atoms with E-state index in [-0.39, 0.29) is 11.6 Å². The molecule has 0 amide bonds. The zero-order valence-corrected chi connectivity index (χ0v) is 22.8. The van der Waals surface area contributed by atoms with E-state index >= 15 is 0 Å². The molecule has 2 aromatic carbocycles. The Hall–Kier alpha value is -3.41. The number of hydrogen-bond donors (Lipinski definition) is 0. The minimum Gasteiger partial charge on any atom is -0.304 e. The van der Waals surface area contributed by atoms with Crippen LogP contribution in [0.3, 0.4) is 0 Å². The molecule has 1 fully saturated rings. The fraction of sp³-hybridized carbons (Fsp3) is 0.364. The Labute approximate surface area is 226 Å². The molecule has 196 valence electrons. The molecule has 3 aromatic rings.